The van der Waals surface area contributed by atoms with Crippen LogP contribution in [0.15, 0.2) is 23.4 Å². The SMILES string of the molecule is O=NCCNC(=O)c1c(F)cccc1F. The molecule has 4 nitrogen and oxygen atoms in total. The van der Waals surface area contributed by atoms with Gasteiger partial charge in [-0.3, -0.25) is 4.79 Å². The topological polar surface area (TPSA) is 58.5 Å². The summed E-state index contributed by atoms with van der Waals surface area (Å²) in [6.07, 6.45) is 0. The number of rotatable bonds is 4. The minimum atomic E-state index is -0.938. The molecule has 0 aliphatic rings. The van der Waals surface area contributed by atoms with Crippen molar-refractivity contribution in [2.45, 2.75) is 0 Å². The van der Waals surface area contributed by atoms with Crippen LogP contribution < -0.4 is 5.32 Å². The van der Waals surface area contributed by atoms with E-state index in [1.54, 1.807) is 0 Å². The predicted molar refractivity (Wildman–Crippen MR) is 49.4 cm³/mol. The van der Waals surface area contributed by atoms with Crippen LogP contribution in [0.4, 0.5) is 8.78 Å². The first-order valence-electron chi connectivity index (χ1n) is 4.18. The molecule has 0 bridgehead atoms. The van der Waals surface area contributed by atoms with Crippen molar-refractivity contribution >= 4 is 5.91 Å². The fraction of sp³-hybridized carbons (Fsp3) is 0.222. The fourth-order valence-corrected chi connectivity index (χ4v) is 1.02. The second-order valence-corrected chi connectivity index (χ2v) is 2.71. The van der Waals surface area contributed by atoms with E-state index in [9.17, 15) is 18.5 Å². The van der Waals surface area contributed by atoms with Crippen LogP contribution in [0.25, 0.3) is 0 Å². The summed E-state index contributed by atoms with van der Waals surface area (Å²) in [5.74, 6) is -2.77. The van der Waals surface area contributed by atoms with Crippen LogP contribution in [0.1, 0.15) is 10.4 Å². The molecule has 0 fully saturated rings. The average molecular weight is 214 g/mol. The zero-order valence-electron chi connectivity index (χ0n) is 7.67. The lowest BCUT2D eigenvalue weighted by molar-refractivity contribution is 0.0946. The van der Waals surface area contributed by atoms with Gasteiger partial charge in [-0.25, -0.2) is 8.78 Å². The van der Waals surface area contributed by atoms with Gasteiger partial charge in [-0.15, -0.1) is 0 Å². The van der Waals surface area contributed by atoms with E-state index >= 15 is 0 Å². The number of halogens is 2. The number of nitroso groups, excluding NO2 is 1. The number of amides is 1. The summed E-state index contributed by atoms with van der Waals surface area (Å²) in [6, 6.07) is 3.13. The van der Waals surface area contributed by atoms with E-state index in [2.05, 4.69) is 10.5 Å². The first-order chi connectivity index (χ1) is 7.16. The van der Waals surface area contributed by atoms with Crippen molar-refractivity contribution in [2.75, 3.05) is 13.1 Å². The maximum atomic E-state index is 13.0. The summed E-state index contributed by atoms with van der Waals surface area (Å²) in [7, 11) is 0. The Morgan fingerprint density at radius 3 is 2.47 bits per heavy atom. The molecule has 1 rings (SSSR count). The maximum absolute atomic E-state index is 13.0. The summed E-state index contributed by atoms with van der Waals surface area (Å²) >= 11 is 0. The van der Waals surface area contributed by atoms with Gasteiger partial charge in [-0.2, -0.15) is 4.91 Å². The standard InChI is InChI=1S/C9H8F2N2O2/c10-6-2-1-3-7(11)8(6)9(14)12-4-5-13-15/h1-3H,4-5H2,(H,12,14). The molecule has 0 atom stereocenters. The molecule has 0 heterocycles. The number of carbonyl (C=O) groups is 1. The molecule has 1 aromatic rings. The Morgan fingerprint density at radius 1 is 1.33 bits per heavy atom. The molecule has 0 spiro atoms. The van der Waals surface area contributed by atoms with Gasteiger partial charge in [0.1, 0.15) is 17.2 Å². The van der Waals surface area contributed by atoms with Crippen molar-refractivity contribution in [1.82, 2.24) is 5.32 Å². The van der Waals surface area contributed by atoms with Crippen LogP contribution in [-0.4, -0.2) is 19.0 Å². The molecule has 15 heavy (non-hydrogen) atoms. The Labute approximate surface area is 84.3 Å². The molecular weight excluding hydrogens is 206 g/mol. The summed E-state index contributed by atoms with van der Waals surface area (Å²) in [4.78, 5) is 20.9. The van der Waals surface area contributed by atoms with Crippen LogP contribution in [0.5, 0.6) is 0 Å². The van der Waals surface area contributed by atoms with E-state index in [4.69, 9.17) is 0 Å². The summed E-state index contributed by atoms with van der Waals surface area (Å²) in [5, 5.41) is 4.66. The molecule has 0 aromatic heterocycles. The van der Waals surface area contributed by atoms with Crippen molar-refractivity contribution in [3.63, 3.8) is 0 Å². The van der Waals surface area contributed by atoms with E-state index in [0.717, 1.165) is 18.2 Å². The third-order valence-electron chi connectivity index (χ3n) is 1.68. The summed E-state index contributed by atoms with van der Waals surface area (Å²) < 4.78 is 26.0. The van der Waals surface area contributed by atoms with Gasteiger partial charge in [0.05, 0.1) is 6.54 Å². The molecule has 0 aliphatic carbocycles. The fourth-order valence-electron chi connectivity index (χ4n) is 1.02. The number of nitrogens with zero attached hydrogens (tertiary/aromatic N) is 1. The van der Waals surface area contributed by atoms with Crippen molar-refractivity contribution in [1.29, 1.82) is 0 Å². The molecule has 6 heteroatoms. The Hall–Kier alpha value is -1.85. The van der Waals surface area contributed by atoms with Gasteiger partial charge in [-0.1, -0.05) is 11.2 Å². The van der Waals surface area contributed by atoms with Gasteiger partial charge in [0.15, 0.2) is 0 Å². The van der Waals surface area contributed by atoms with Crippen LogP contribution in [-0.2, 0) is 0 Å². The van der Waals surface area contributed by atoms with Crippen LogP contribution in [0.2, 0.25) is 0 Å². The zero-order chi connectivity index (χ0) is 11.3. The van der Waals surface area contributed by atoms with Gasteiger partial charge >= 0.3 is 0 Å². The highest BCUT2D eigenvalue weighted by atomic mass is 19.1. The Morgan fingerprint density at radius 2 is 1.93 bits per heavy atom. The third-order valence-corrected chi connectivity index (χ3v) is 1.68. The minimum absolute atomic E-state index is 0.0455. The monoisotopic (exact) mass is 214 g/mol. The van der Waals surface area contributed by atoms with E-state index in [0.29, 0.717) is 0 Å². The van der Waals surface area contributed by atoms with E-state index < -0.39 is 23.1 Å². The minimum Gasteiger partial charge on any atom is -0.350 e. The third kappa shape index (κ3) is 2.80. The van der Waals surface area contributed by atoms with Crippen molar-refractivity contribution in [3.8, 4) is 0 Å². The molecule has 80 valence electrons. The number of nitrogens with one attached hydrogen (secondary N) is 1. The van der Waals surface area contributed by atoms with Crippen molar-refractivity contribution in [2.24, 2.45) is 5.18 Å². The normalized spacial score (nSPS) is 9.73. The zero-order valence-corrected chi connectivity index (χ0v) is 7.67. The molecule has 0 radical (unpaired) electrons. The number of benzene rings is 1. The molecular formula is C9H8F2N2O2. The number of carbonyl (C=O) groups excluding carboxylic acids is 1. The Bertz CT molecular complexity index is 362. The predicted octanol–water partition coefficient (Wildman–Crippen LogP) is 1.46. The largest absolute Gasteiger partial charge is 0.350 e. The average Bonchev–Trinajstić information content (AvgIpc) is 2.18. The lowest BCUT2D eigenvalue weighted by atomic mass is 10.2. The number of hydrogen-bond donors (Lipinski definition) is 1. The quantitative estimate of drug-likeness (QED) is 0.609. The van der Waals surface area contributed by atoms with Crippen LogP contribution >= 0.6 is 0 Å². The molecule has 0 aliphatic heterocycles. The first kappa shape index (κ1) is 11.2. The van der Waals surface area contributed by atoms with E-state index in [1.807, 2.05) is 0 Å². The summed E-state index contributed by atoms with van der Waals surface area (Å²) in [5.41, 5.74) is -0.650. The first-order valence-corrected chi connectivity index (χ1v) is 4.18. The second-order valence-electron chi connectivity index (χ2n) is 2.71. The molecule has 1 amide bonds. The summed E-state index contributed by atoms with van der Waals surface area (Å²) in [6.45, 7) is -0.183. The van der Waals surface area contributed by atoms with Crippen LogP contribution in [0, 0.1) is 16.5 Å². The smallest absolute Gasteiger partial charge is 0.257 e. The van der Waals surface area contributed by atoms with Gasteiger partial charge in [-0.05, 0) is 12.1 Å². The maximum Gasteiger partial charge on any atom is 0.257 e. The van der Waals surface area contributed by atoms with E-state index in [-0.39, 0.29) is 13.1 Å². The van der Waals surface area contributed by atoms with Crippen molar-refractivity contribution < 1.29 is 13.6 Å². The number of hydrogen-bond acceptors (Lipinski definition) is 3. The van der Waals surface area contributed by atoms with Gasteiger partial charge in [0.2, 0.25) is 0 Å². The van der Waals surface area contributed by atoms with Crippen LogP contribution in [0.3, 0.4) is 0 Å². The highest BCUT2D eigenvalue weighted by Crippen LogP contribution is 2.11. The molecule has 0 saturated carbocycles. The molecule has 1 N–H and O–H groups in total. The highest BCUT2D eigenvalue weighted by Gasteiger charge is 2.15. The lowest BCUT2D eigenvalue weighted by Crippen LogP contribution is -2.27. The molecule has 0 saturated heterocycles. The van der Waals surface area contributed by atoms with Gasteiger partial charge in [0.25, 0.3) is 5.91 Å². The molecule has 0 unspecified atom stereocenters. The second kappa shape index (κ2) is 5.14. The van der Waals surface area contributed by atoms with Gasteiger partial charge < -0.3 is 5.32 Å². The highest BCUT2D eigenvalue weighted by molar-refractivity contribution is 5.94. The van der Waals surface area contributed by atoms with Crippen molar-refractivity contribution in [3.05, 3.63) is 40.3 Å². The molecule has 1 aromatic carbocycles. The lowest BCUT2D eigenvalue weighted by Gasteiger charge is -2.04. The van der Waals surface area contributed by atoms with E-state index in [1.165, 1.54) is 0 Å². The Kier molecular flexibility index (Phi) is 3.84. The van der Waals surface area contributed by atoms with Gasteiger partial charge in [0, 0.05) is 6.54 Å². The Balaban J connectivity index is 2.77.